The molecule has 7 atom stereocenters. The largest absolute Gasteiger partial charge is 0.370 e. The quantitative estimate of drug-likeness (QED) is 0.742. The van der Waals surface area contributed by atoms with E-state index in [2.05, 4.69) is 29.6 Å². The van der Waals surface area contributed by atoms with Gasteiger partial charge in [0.15, 0.2) is 0 Å². The molecule has 1 heterocycles. The monoisotopic (exact) mass is 411 g/mol. The molecule has 6 aliphatic rings. The molecule has 4 nitrogen and oxygen atoms in total. The number of hydrogen-bond donors (Lipinski definition) is 1. The zero-order valence-electron chi connectivity index (χ0n) is 15.8. The van der Waals surface area contributed by atoms with E-state index in [1.165, 1.54) is 5.57 Å². The van der Waals surface area contributed by atoms with Gasteiger partial charge in [0, 0.05) is 11.8 Å². The molecule has 1 aliphatic heterocycles. The van der Waals surface area contributed by atoms with Crippen LogP contribution in [0.2, 0.25) is 0 Å². The van der Waals surface area contributed by atoms with Gasteiger partial charge in [-0.2, -0.15) is 0 Å². The number of nitrogens with one attached hydrogen (secondary N) is 1. The Bertz CT molecular complexity index is 965. The normalized spacial score (nSPS) is 45.8. The molecule has 5 aliphatic carbocycles. The number of fused-ring (bicyclic) bond motifs is 3. The molecule has 0 aromatic rings. The van der Waals surface area contributed by atoms with Gasteiger partial charge in [0.25, 0.3) is 5.24 Å². The molecule has 29 heavy (non-hydrogen) atoms. The molecular weight excluding hydrogens is 389 g/mol. The SMILES string of the molecule is O=C1NC(=O)C(CC2=CC3CC4CC4(OCC45C=CC=CC4C5F)C=C3C=C2)S1. The highest BCUT2D eigenvalue weighted by molar-refractivity contribution is 8.15. The van der Waals surface area contributed by atoms with Gasteiger partial charge >= 0.3 is 0 Å². The van der Waals surface area contributed by atoms with Crippen LogP contribution in [0.5, 0.6) is 0 Å². The second-order valence-electron chi connectivity index (χ2n) is 9.08. The number of carbonyl (C=O) groups excluding carboxylic acids is 2. The van der Waals surface area contributed by atoms with Crippen molar-refractivity contribution in [2.45, 2.75) is 36.3 Å². The lowest BCUT2D eigenvalue weighted by atomic mass is 9.81. The molecular formula is C23H22FNO3S. The third-order valence-corrected chi connectivity index (χ3v) is 8.32. The summed E-state index contributed by atoms with van der Waals surface area (Å²) in [4.78, 5) is 23.2. The molecule has 1 N–H and O–H groups in total. The summed E-state index contributed by atoms with van der Waals surface area (Å²) in [5.74, 6) is 0.593. The summed E-state index contributed by atoms with van der Waals surface area (Å²) < 4.78 is 20.6. The topological polar surface area (TPSA) is 55.4 Å². The third-order valence-electron chi connectivity index (χ3n) is 7.33. The first-order valence-corrected chi connectivity index (χ1v) is 11.1. The van der Waals surface area contributed by atoms with E-state index in [1.807, 2.05) is 24.3 Å². The lowest BCUT2D eigenvalue weighted by Gasteiger charge is -2.29. The number of halogens is 1. The Hall–Kier alpha value is -1.92. The van der Waals surface area contributed by atoms with E-state index in [4.69, 9.17) is 4.74 Å². The molecule has 0 spiro atoms. The summed E-state index contributed by atoms with van der Waals surface area (Å²) >= 11 is 1.08. The Balaban J connectivity index is 1.13. The van der Waals surface area contributed by atoms with Gasteiger partial charge in [-0.15, -0.1) is 0 Å². The molecule has 0 radical (unpaired) electrons. The summed E-state index contributed by atoms with van der Waals surface area (Å²) in [5, 5.41) is 1.77. The van der Waals surface area contributed by atoms with Gasteiger partial charge in [0.1, 0.15) is 6.17 Å². The number of ether oxygens (including phenoxy) is 1. The second-order valence-corrected chi connectivity index (χ2v) is 10.3. The molecule has 1 saturated heterocycles. The first-order valence-electron chi connectivity index (χ1n) is 10.3. The van der Waals surface area contributed by atoms with Crippen molar-refractivity contribution in [3.05, 3.63) is 59.8 Å². The van der Waals surface area contributed by atoms with Crippen molar-refractivity contribution in [1.82, 2.24) is 5.32 Å². The maximum Gasteiger partial charge on any atom is 0.286 e. The van der Waals surface area contributed by atoms with Crippen molar-refractivity contribution < 1.29 is 18.7 Å². The number of thioether (sulfide) groups is 1. The zero-order valence-corrected chi connectivity index (χ0v) is 16.7. The molecule has 6 rings (SSSR count). The molecule has 2 amide bonds. The van der Waals surface area contributed by atoms with Gasteiger partial charge < -0.3 is 4.74 Å². The fraction of sp³-hybridized carbons (Fsp3) is 0.478. The minimum atomic E-state index is -0.826. The van der Waals surface area contributed by atoms with Crippen LogP contribution in [0.1, 0.15) is 19.3 Å². The maximum absolute atomic E-state index is 14.3. The minimum absolute atomic E-state index is 0.0253. The van der Waals surface area contributed by atoms with Crippen molar-refractivity contribution in [3.8, 4) is 0 Å². The Labute approximate surface area is 173 Å². The van der Waals surface area contributed by atoms with Gasteiger partial charge in [0.2, 0.25) is 5.91 Å². The van der Waals surface area contributed by atoms with Crippen molar-refractivity contribution in [1.29, 1.82) is 0 Å². The number of imide groups is 1. The molecule has 2 saturated carbocycles. The lowest BCUT2D eigenvalue weighted by molar-refractivity contribution is -0.118. The van der Waals surface area contributed by atoms with Crippen LogP contribution in [-0.4, -0.2) is 34.8 Å². The van der Waals surface area contributed by atoms with Gasteiger partial charge in [-0.1, -0.05) is 54.3 Å². The summed E-state index contributed by atoms with van der Waals surface area (Å²) in [5.41, 5.74) is 1.69. The van der Waals surface area contributed by atoms with Crippen LogP contribution in [0.15, 0.2) is 59.8 Å². The fourth-order valence-corrected chi connectivity index (χ4v) is 6.25. The van der Waals surface area contributed by atoms with Crippen LogP contribution in [-0.2, 0) is 9.53 Å². The Morgan fingerprint density at radius 1 is 1.28 bits per heavy atom. The number of allylic oxidation sites excluding steroid dienone is 8. The molecule has 7 unspecified atom stereocenters. The van der Waals surface area contributed by atoms with Gasteiger partial charge in [-0.05, 0) is 42.4 Å². The molecule has 0 aromatic carbocycles. The van der Waals surface area contributed by atoms with Gasteiger partial charge in [-0.25, -0.2) is 4.39 Å². The van der Waals surface area contributed by atoms with E-state index < -0.39 is 11.6 Å². The van der Waals surface area contributed by atoms with Crippen LogP contribution in [0.3, 0.4) is 0 Å². The van der Waals surface area contributed by atoms with Gasteiger partial charge in [-0.3, -0.25) is 14.9 Å². The van der Waals surface area contributed by atoms with E-state index in [0.29, 0.717) is 24.9 Å². The second kappa shape index (κ2) is 6.05. The highest BCUT2D eigenvalue weighted by Crippen LogP contribution is 2.62. The number of carbonyl (C=O) groups is 2. The smallest absolute Gasteiger partial charge is 0.286 e. The van der Waals surface area contributed by atoms with Crippen LogP contribution in [0.4, 0.5) is 9.18 Å². The summed E-state index contributed by atoms with van der Waals surface area (Å²) in [7, 11) is 0. The minimum Gasteiger partial charge on any atom is -0.370 e. The van der Waals surface area contributed by atoms with Crippen molar-refractivity contribution in [3.63, 3.8) is 0 Å². The number of hydrogen-bond acceptors (Lipinski definition) is 4. The predicted octanol–water partition coefficient (Wildman–Crippen LogP) is 4.03. The predicted molar refractivity (Wildman–Crippen MR) is 109 cm³/mol. The first-order chi connectivity index (χ1) is 14.0. The number of amides is 2. The van der Waals surface area contributed by atoms with E-state index in [1.54, 1.807) is 0 Å². The van der Waals surface area contributed by atoms with Crippen LogP contribution >= 0.6 is 11.8 Å². The molecule has 6 heteroatoms. The molecule has 150 valence electrons. The Kier molecular flexibility index (Phi) is 3.73. The molecule has 3 fully saturated rings. The number of alkyl halides is 1. The first kappa shape index (κ1) is 17.9. The zero-order chi connectivity index (χ0) is 19.8. The van der Waals surface area contributed by atoms with E-state index in [9.17, 15) is 14.0 Å². The molecule has 0 aromatic heterocycles. The van der Waals surface area contributed by atoms with E-state index >= 15 is 0 Å². The van der Waals surface area contributed by atoms with E-state index in [0.717, 1.165) is 30.2 Å². The summed E-state index contributed by atoms with van der Waals surface area (Å²) in [6.45, 7) is 0.442. The summed E-state index contributed by atoms with van der Waals surface area (Å²) in [6.07, 6.45) is 18.2. The third kappa shape index (κ3) is 2.76. The Morgan fingerprint density at radius 2 is 2.17 bits per heavy atom. The highest BCUT2D eigenvalue weighted by Gasteiger charge is 2.66. The van der Waals surface area contributed by atoms with Gasteiger partial charge in [0.05, 0.1) is 22.9 Å². The lowest BCUT2D eigenvalue weighted by Crippen LogP contribution is -2.27. The maximum atomic E-state index is 14.3. The van der Waals surface area contributed by atoms with Crippen LogP contribution in [0, 0.1) is 23.2 Å². The van der Waals surface area contributed by atoms with Crippen molar-refractivity contribution >= 4 is 22.9 Å². The fourth-order valence-electron chi connectivity index (χ4n) is 5.39. The molecule has 0 bridgehead atoms. The highest BCUT2D eigenvalue weighted by atomic mass is 32.2. The summed E-state index contributed by atoms with van der Waals surface area (Å²) in [6, 6.07) is 0. The van der Waals surface area contributed by atoms with Crippen molar-refractivity contribution in [2.24, 2.45) is 23.2 Å². The number of rotatable bonds is 5. The average Bonchev–Trinajstić information content (AvgIpc) is 3.53. The standard InChI is InChI=1S/C23H22FNO3S/c24-19-17-3-1-2-6-22(17,19)12-28-23-10-14-5-4-13(7-15(14)9-16(23)11-23)8-18-20(26)25-21(27)29-18/h1-7,10,15-19H,8-9,11-12H2,(H,25,26,27). The van der Waals surface area contributed by atoms with Crippen LogP contribution < -0.4 is 5.32 Å². The average molecular weight is 411 g/mol. The van der Waals surface area contributed by atoms with Crippen LogP contribution in [0.25, 0.3) is 0 Å². The van der Waals surface area contributed by atoms with Crippen molar-refractivity contribution in [2.75, 3.05) is 6.61 Å². The Morgan fingerprint density at radius 3 is 2.97 bits per heavy atom. The van der Waals surface area contributed by atoms with E-state index in [-0.39, 0.29) is 27.9 Å².